The van der Waals surface area contributed by atoms with Gasteiger partial charge in [-0.1, -0.05) is 102 Å². The van der Waals surface area contributed by atoms with Crippen LogP contribution >= 0.6 is 24.8 Å². The maximum atomic E-state index is 4.07. The molecule has 1 aromatic rings. The first-order valence-corrected chi connectivity index (χ1v) is 19.1. The second kappa shape index (κ2) is 12.6. The van der Waals surface area contributed by atoms with Gasteiger partial charge in [-0.3, -0.25) is 0 Å². The summed E-state index contributed by atoms with van der Waals surface area (Å²) in [7, 11) is 0. The van der Waals surface area contributed by atoms with Crippen molar-refractivity contribution < 1.29 is 23.3 Å². The third kappa shape index (κ3) is 6.59. The maximum absolute atomic E-state index is 4.07. The molecular weight excluding hydrogens is 575 g/mol. The van der Waals surface area contributed by atoms with E-state index >= 15 is 0 Å². The molecule has 0 nitrogen and oxygen atoms in total. The van der Waals surface area contributed by atoms with Crippen LogP contribution < -0.4 is 10.4 Å². The molecule has 1 atom stereocenters. The van der Waals surface area contributed by atoms with Crippen molar-refractivity contribution in [3.05, 3.63) is 80.8 Å². The molecule has 0 aliphatic heterocycles. The minimum absolute atomic E-state index is 0. The van der Waals surface area contributed by atoms with E-state index in [0.717, 1.165) is 19.3 Å². The smallest absolute Gasteiger partial charge is 0.147 e. The third-order valence-corrected chi connectivity index (χ3v) is 7.33. The molecule has 1 unspecified atom stereocenters. The molecule has 0 aromatic heterocycles. The molecular formula is C32H45Cl2SiZr-. The molecule has 4 heteroatoms. The summed E-state index contributed by atoms with van der Waals surface area (Å²) in [5.74, 6) is 0. The van der Waals surface area contributed by atoms with Crippen LogP contribution in [0.2, 0.25) is 13.1 Å². The molecule has 0 amide bonds. The molecule has 1 aromatic carbocycles. The van der Waals surface area contributed by atoms with Crippen LogP contribution in [-0.2, 0) is 28.8 Å². The number of hydrogen-bond acceptors (Lipinski definition) is 0. The van der Waals surface area contributed by atoms with Gasteiger partial charge in [-0.25, -0.2) is 0 Å². The monoisotopic (exact) mass is 617 g/mol. The molecule has 0 radical (unpaired) electrons. The second-order valence-corrected chi connectivity index (χ2v) is 21.5. The van der Waals surface area contributed by atoms with Gasteiger partial charge in [0.15, 0.2) is 0 Å². The first-order valence-electron chi connectivity index (χ1n) is 12.9. The molecule has 196 valence electrons. The van der Waals surface area contributed by atoms with Gasteiger partial charge in [-0.15, -0.1) is 36.5 Å². The Bertz CT molecular complexity index is 1240. The molecule has 0 fully saturated rings. The minimum atomic E-state index is -0.157. The second-order valence-electron chi connectivity index (χ2n) is 12.1. The van der Waals surface area contributed by atoms with Gasteiger partial charge in [-0.2, -0.15) is 17.7 Å². The van der Waals surface area contributed by atoms with Gasteiger partial charge in [-0.05, 0) is 52.2 Å². The first-order chi connectivity index (χ1) is 15.7. The maximum Gasteiger partial charge on any atom is -0.147 e. The third-order valence-electron chi connectivity index (χ3n) is 7.33. The van der Waals surface area contributed by atoms with Crippen molar-refractivity contribution in [1.82, 2.24) is 0 Å². The van der Waals surface area contributed by atoms with E-state index < -0.39 is 0 Å². The van der Waals surface area contributed by atoms with Crippen LogP contribution in [0.3, 0.4) is 0 Å². The summed E-state index contributed by atoms with van der Waals surface area (Å²) in [4.78, 5) is 0. The minimum Gasteiger partial charge on any atom is -0.147 e. The molecule has 0 N–H and O–H groups in total. The Morgan fingerprint density at radius 3 is 2.11 bits per heavy atom. The topological polar surface area (TPSA) is 0 Å². The average Bonchev–Trinajstić information content (AvgIpc) is 3.31. The zero-order valence-corrected chi connectivity index (χ0v) is 29.1. The predicted octanol–water partition coefficient (Wildman–Crippen LogP) is 8.34. The fourth-order valence-corrected chi connectivity index (χ4v) is 5.45. The molecule has 0 spiro atoms. The van der Waals surface area contributed by atoms with E-state index in [1.165, 1.54) is 27.1 Å². The molecule has 0 heterocycles. The Balaban J connectivity index is 0.00000101. The van der Waals surface area contributed by atoms with Crippen LogP contribution in [-0.4, -0.2) is 5.43 Å². The van der Waals surface area contributed by atoms with Crippen molar-refractivity contribution in [3.8, 4) is 0 Å². The van der Waals surface area contributed by atoms with Crippen LogP contribution in [0.15, 0.2) is 58.7 Å². The summed E-state index contributed by atoms with van der Waals surface area (Å²) in [6.45, 7) is 23.2. The zero-order valence-electron chi connectivity index (χ0n) is 24.0. The Kier molecular flexibility index (Phi) is 11.8. The SMILES string of the molecule is CCC1=CCC(C2(C(C)(C)C)[C-]=C3C=c4cc(C(C)(C)C)ccc4=C3C=C2)=C1CC.C[Si](C)=[Zr].Cl.Cl. The summed E-state index contributed by atoms with van der Waals surface area (Å²) in [5.41, 5.74) is 8.97. The summed E-state index contributed by atoms with van der Waals surface area (Å²) in [6.07, 6.45) is 17.0. The normalized spacial score (nSPS) is 20.1. The van der Waals surface area contributed by atoms with Gasteiger partial charge in [0.1, 0.15) is 0 Å². The number of halogens is 2. The van der Waals surface area contributed by atoms with Crippen molar-refractivity contribution in [2.24, 2.45) is 10.8 Å². The van der Waals surface area contributed by atoms with E-state index in [2.05, 4.69) is 117 Å². The van der Waals surface area contributed by atoms with Crippen LogP contribution in [0.4, 0.5) is 0 Å². The van der Waals surface area contributed by atoms with Gasteiger partial charge in [0.25, 0.3) is 0 Å². The van der Waals surface area contributed by atoms with Gasteiger partial charge in [0.05, 0.1) is 0 Å². The van der Waals surface area contributed by atoms with Crippen molar-refractivity contribution in [2.75, 3.05) is 0 Å². The molecule has 4 rings (SSSR count). The Morgan fingerprint density at radius 2 is 1.61 bits per heavy atom. The molecule has 3 aliphatic rings. The predicted molar refractivity (Wildman–Crippen MR) is 162 cm³/mol. The Hall–Kier alpha value is -0.400. The van der Waals surface area contributed by atoms with Crippen LogP contribution in [0, 0.1) is 16.9 Å². The number of hydrogen-bond donors (Lipinski definition) is 0. The molecule has 0 saturated carbocycles. The Morgan fingerprint density at radius 1 is 1.00 bits per heavy atom. The quantitative estimate of drug-likeness (QED) is 0.236. The van der Waals surface area contributed by atoms with Crippen molar-refractivity contribution in [2.45, 2.75) is 93.2 Å². The fraction of sp³-hybridized carbons (Fsp3) is 0.500. The number of fused-ring (bicyclic) bond motifs is 2. The van der Waals surface area contributed by atoms with Crippen LogP contribution in [0.5, 0.6) is 0 Å². The van der Waals surface area contributed by atoms with Gasteiger partial charge in [0, 0.05) is 0 Å². The summed E-state index contributed by atoms with van der Waals surface area (Å²) in [6, 6.07) is 6.99. The fourth-order valence-electron chi connectivity index (χ4n) is 5.45. The largest absolute Gasteiger partial charge is 0.147 e. The summed E-state index contributed by atoms with van der Waals surface area (Å²) in [5, 5.41) is 2.70. The summed E-state index contributed by atoms with van der Waals surface area (Å²) >= 11 is 1.74. The molecule has 36 heavy (non-hydrogen) atoms. The number of rotatable bonds is 3. The van der Waals surface area contributed by atoms with Crippen molar-refractivity contribution >= 4 is 41.9 Å². The van der Waals surface area contributed by atoms with E-state index in [4.69, 9.17) is 0 Å². The van der Waals surface area contributed by atoms with E-state index in [0.29, 0.717) is 0 Å². The van der Waals surface area contributed by atoms with Crippen LogP contribution in [0.25, 0.3) is 11.6 Å². The molecule has 3 aliphatic carbocycles. The molecule has 0 bridgehead atoms. The summed E-state index contributed by atoms with van der Waals surface area (Å²) < 4.78 is 0. The standard InChI is InChI=1S/C30H37.C2H6Si.2ClH.Zr/c1-9-20-11-14-27(24(20)10-2)30(29(6,7)8)16-15-26-22(19-30)17-21-18-23(28(3,4)5)12-13-25(21)26;1-3-2;;;/h11-13,15-18H,9-10,14H2,1-8H3;1-2H3;2*1H;/q-1;;;;. The van der Waals surface area contributed by atoms with E-state index in [1.54, 1.807) is 40.1 Å². The van der Waals surface area contributed by atoms with E-state index in [1.807, 2.05) is 0 Å². The van der Waals surface area contributed by atoms with Crippen LogP contribution in [0.1, 0.15) is 80.2 Å². The first kappa shape index (κ1) is 33.6. The van der Waals surface area contributed by atoms with Gasteiger partial charge < -0.3 is 0 Å². The average molecular weight is 620 g/mol. The number of allylic oxidation sites excluding steroid dienone is 8. The van der Waals surface area contributed by atoms with E-state index in [-0.39, 0.29) is 46.5 Å². The zero-order chi connectivity index (χ0) is 25.5. The number of benzene rings is 1. The molecule has 0 saturated heterocycles. The van der Waals surface area contributed by atoms with Gasteiger partial charge >= 0.3 is 41.9 Å². The van der Waals surface area contributed by atoms with Crippen molar-refractivity contribution in [1.29, 1.82) is 0 Å². The van der Waals surface area contributed by atoms with Crippen molar-refractivity contribution in [3.63, 3.8) is 0 Å². The van der Waals surface area contributed by atoms with Gasteiger partial charge in [0.2, 0.25) is 0 Å². The van der Waals surface area contributed by atoms with E-state index in [9.17, 15) is 0 Å². The Labute approximate surface area is 248 Å².